The Kier molecular flexibility index (Phi) is 5.50. The first-order chi connectivity index (χ1) is 14.5. The van der Waals surface area contributed by atoms with Crippen molar-refractivity contribution in [2.75, 3.05) is 33.0 Å². The number of aliphatic hydroxyl groups is 1. The number of benzene rings is 1. The van der Waals surface area contributed by atoms with Crippen LogP contribution in [0.4, 0.5) is 0 Å². The van der Waals surface area contributed by atoms with E-state index in [2.05, 4.69) is 4.90 Å². The fourth-order valence-electron chi connectivity index (χ4n) is 3.84. The number of likely N-dealkylation sites (tertiary alicyclic amines) is 1. The van der Waals surface area contributed by atoms with Gasteiger partial charge in [-0.1, -0.05) is 13.8 Å². The van der Waals surface area contributed by atoms with Crippen molar-refractivity contribution in [2.24, 2.45) is 0 Å². The van der Waals surface area contributed by atoms with Crippen LogP contribution in [0.15, 0.2) is 46.6 Å². The third-order valence-corrected chi connectivity index (χ3v) is 5.55. The molecule has 3 heterocycles. The molecule has 4 rings (SSSR count). The second kappa shape index (κ2) is 8.23. The summed E-state index contributed by atoms with van der Waals surface area (Å²) in [5.74, 6) is -0.176. The molecule has 1 fully saturated rings. The van der Waals surface area contributed by atoms with Crippen molar-refractivity contribution in [2.45, 2.75) is 19.9 Å². The number of Topliss-reactive ketones (excluding diaryl/α,β-unsaturated/α-hetero) is 1. The van der Waals surface area contributed by atoms with E-state index in [0.717, 1.165) is 13.1 Å². The van der Waals surface area contributed by atoms with Crippen LogP contribution >= 0.6 is 0 Å². The number of likely N-dealkylation sites (N-methyl/N-ethyl adjacent to an activating group) is 1. The van der Waals surface area contributed by atoms with Gasteiger partial charge >= 0.3 is 0 Å². The van der Waals surface area contributed by atoms with E-state index < -0.39 is 17.7 Å². The van der Waals surface area contributed by atoms with Gasteiger partial charge in [-0.3, -0.25) is 9.59 Å². The monoisotopic (exact) mass is 412 g/mol. The van der Waals surface area contributed by atoms with Crippen molar-refractivity contribution >= 4 is 17.4 Å². The maximum atomic E-state index is 12.9. The first-order valence-electron chi connectivity index (χ1n) is 9.99. The summed E-state index contributed by atoms with van der Waals surface area (Å²) in [4.78, 5) is 29.4. The summed E-state index contributed by atoms with van der Waals surface area (Å²) in [7, 11) is 0. The summed E-state index contributed by atoms with van der Waals surface area (Å²) in [6.45, 7) is 6.81. The highest BCUT2D eigenvalue weighted by Crippen LogP contribution is 2.41. The molecule has 30 heavy (non-hydrogen) atoms. The molecular formula is C22H24N2O6. The van der Waals surface area contributed by atoms with Crippen LogP contribution in [0.2, 0.25) is 0 Å². The van der Waals surface area contributed by atoms with E-state index in [1.807, 2.05) is 13.8 Å². The second-order valence-corrected chi connectivity index (χ2v) is 7.10. The molecule has 0 aliphatic carbocycles. The third kappa shape index (κ3) is 3.43. The van der Waals surface area contributed by atoms with Crippen molar-refractivity contribution in [3.05, 3.63) is 53.5 Å². The largest absolute Gasteiger partial charge is 0.507 e. The lowest BCUT2D eigenvalue weighted by Crippen LogP contribution is -2.37. The Balaban J connectivity index is 1.74. The van der Waals surface area contributed by atoms with Crippen LogP contribution in [0, 0.1) is 0 Å². The molecule has 1 N–H and O–H groups in total. The Morgan fingerprint density at radius 1 is 1.17 bits per heavy atom. The molecule has 1 saturated heterocycles. The van der Waals surface area contributed by atoms with Crippen molar-refractivity contribution in [3.63, 3.8) is 0 Å². The number of carbonyl (C=O) groups is 2. The molecule has 158 valence electrons. The van der Waals surface area contributed by atoms with E-state index in [4.69, 9.17) is 13.9 Å². The van der Waals surface area contributed by atoms with Crippen molar-refractivity contribution in [1.82, 2.24) is 9.80 Å². The molecule has 2 aliphatic heterocycles. The number of carbonyl (C=O) groups excluding carboxylic acids is 2. The molecule has 8 nitrogen and oxygen atoms in total. The Hall–Kier alpha value is -3.26. The molecule has 0 radical (unpaired) electrons. The third-order valence-electron chi connectivity index (χ3n) is 5.55. The predicted octanol–water partition coefficient (Wildman–Crippen LogP) is 2.77. The minimum absolute atomic E-state index is 0.00774. The van der Waals surface area contributed by atoms with Gasteiger partial charge in [-0.2, -0.15) is 0 Å². The average molecular weight is 412 g/mol. The van der Waals surface area contributed by atoms with Gasteiger partial charge in [0.15, 0.2) is 11.5 Å². The number of nitrogens with zero attached hydrogens (tertiary/aromatic N) is 2. The number of ketones is 1. The predicted molar refractivity (Wildman–Crippen MR) is 108 cm³/mol. The molecule has 2 aromatic rings. The van der Waals surface area contributed by atoms with Crippen LogP contribution < -0.4 is 9.47 Å². The molecule has 2 aliphatic rings. The van der Waals surface area contributed by atoms with Gasteiger partial charge in [0.2, 0.25) is 6.79 Å². The Morgan fingerprint density at radius 2 is 1.93 bits per heavy atom. The molecule has 1 amide bonds. The van der Waals surface area contributed by atoms with Gasteiger partial charge in [0.05, 0.1) is 11.8 Å². The van der Waals surface area contributed by atoms with Gasteiger partial charge in [0.1, 0.15) is 17.6 Å². The summed E-state index contributed by atoms with van der Waals surface area (Å²) >= 11 is 0. The highest BCUT2D eigenvalue weighted by Gasteiger charge is 2.47. The number of hydrogen-bond acceptors (Lipinski definition) is 7. The minimum Gasteiger partial charge on any atom is -0.507 e. The zero-order valence-corrected chi connectivity index (χ0v) is 17.0. The van der Waals surface area contributed by atoms with Gasteiger partial charge < -0.3 is 28.8 Å². The number of fused-ring (bicyclic) bond motifs is 1. The van der Waals surface area contributed by atoms with E-state index in [1.165, 1.54) is 11.2 Å². The quantitative estimate of drug-likeness (QED) is 0.425. The van der Waals surface area contributed by atoms with E-state index in [1.54, 1.807) is 30.3 Å². The minimum atomic E-state index is -0.791. The maximum Gasteiger partial charge on any atom is 0.295 e. The number of amides is 1. The SMILES string of the molecule is CCN(CC)CCN1C(=O)C(=O)/C(=C(/O)c2ccc3c(c2)OCO3)C1c1ccco1. The molecule has 8 heteroatoms. The van der Waals surface area contributed by atoms with Gasteiger partial charge in [-0.05, 0) is 43.4 Å². The number of ether oxygens (including phenoxy) is 2. The smallest absolute Gasteiger partial charge is 0.295 e. The molecule has 0 bridgehead atoms. The van der Waals surface area contributed by atoms with E-state index in [0.29, 0.717) is 35.9 Å². The standard InChI is InChI=1S/C22H24N2O6/c1-3-23(4-2)9-10-24-19(16-6-5-11-28-16)18(21(26)22(24)27)20(25)14-7-8-15-17(12-14)30-13-29-15/h5-8,11-12,19,25H,3-4,9-10,13H2,1-2H3/b20-18+. The van der Waals surface area contributed by atoms with Crippen LogP contribution in [-0.4, -0.2) is 59.6 Å². The van der Waals surface area contributed by atoms with Gasteiger partial charge in [-0.15, -0.1) is 0 Å². The molecule has 1 atom stereocenters. The topological polar surface area (TPSA) is 92.5 Å². The zero-order valence-electron chi connectivity index (χ0n) is 17.0. The molecule has 1 aromatic carbocycles. The zero-order chi connectivity index (χ0) is 21.3. The molecule has 1 aromatic heterocycles. The maximum absolute atomic E-state index is 12.9. The van der Waals surface area contributed by atoms with E-state index in [-0.39, 0.29) is 18.1 Å². The Morgan fingerprint density at radius 3 is 2.63 bits per heavy atom. The van der Waals surface area contributed by atoms with Crippen LogP contribution in [0.1, 0.15) is 31.2 Å². The molecule has 1 unspecified atom stereocenters. The summed E-state index contributed by atoms with van der Waals surface area (Å²) in [6, 6.07) is 7.50. The summed E-state index contributed by atoms with van der Waals surface area (Å²) in [6.07, 6.45) is 1.49. The molecule has 0 spiro atoms. The van der Waals surface area contributed by atoms with Crippen molar-refractivity contribution in [3.8, 4) is 11.5 Å². The average Bonchev–Trinajstić information content (AvgIpc) is 3.49. The lowest BCUT2D eigenvalue weighted by molar-refractivity contribution is -0.140. The van der Waals surface area contributed by atoms with E-state index >= 15 is 0 Å². The first kappa shape index (κ1) is 20.0. The number of furan rings is 1. The molecule has 0 saturated carbocycles. The van der Waals surface area contributed by atoms with Crippen LogP contribution in [-0.2, 0) is 9.59 Å². The van der Waals surface area contributed by atoms with Crippen LogP contribution in [0.3, 0.4) is 0 Å². The van der Waals surface area contributed by atoms with Crippen molar-refractivity contribution in [1.29, 1.82) is 0 Å². The van der Waals surface area contributed by atoms with E-state index in [9.17, 15) is 14.7 Å². The second-order valence-electron chi connectivity index (χ2n) is 7.10. The van der Waals surface area contributed by atoms with Gasteiger partial charge in [0, 0.05) is 18.7 Å². The Labute approximate surface area is 174 Å². The van der Waals surface area contributed by atoms with Crippen molar-refractivity contribution < 1.29 is 28.6 Å². The fourth-order valence-corrected chi connectivity index (χ4v) is 3.84. The number of aliphatic hydroxyl groups excluding tert-OH is 1. The fraction of sp³-hybridized carbons (Fsp3) is 0.364. The molecular weight excluding hydrogens is 388 g/mol. The summed E-state index contributed by atoms with van der Waals surface area (Å²) < 4.78 is 16.2. The number of rotatable bonds is 7. The summed E-state index contributed by atoms with van der Waals surface area (Å²) in [5.41, 5.74) is 0.380. The normalized spacial score (nSPS) is 19.8. The number of hydrogen-bond donors (Lipinski definition) is 1. The van der Waals surface area contributed by atoms with Gasteiger partial charge in [0.25, 0.3) is 11.7 Å². The van der Waals surface area contributed by atoms with Crippen LogP contribution in [0.5, 0.6) is 11.5 Å². The summed E-state index contributed by atoms with van der Waals surface area (Å²) in [5, 5.41) is 11.0. The first-order valence-corrected chi connectivity index (χ1v) is 9.99. The Bertz CT molecular complexity index is 978. The lowest BCUT2D eigenvalue weighted by Gasteiger charge is -2.26. The van der Waals surface area contributed by atoms with Gasteiger partial charge in [-0.25, -0.2) is 0 Å². The highest BCUT2D eigenvalue weighted by molar-refractivity contribution is 6.46. The highest BCUT2D eigenvalue weighted by atomic mass is 16.7. The van der Waals surface area contributed by atoms with Crippen LogP contribution in [0.25, 0.3) is 5.76 Å². The lowest BCUT2D eigenvalue weighted by atomic mass is 9.99.